The van der Waals surface area contributed by atoms with Gasteiger partial charge in [0.25, 0.3) is 11.8 Å². The van der Waals surface area contributed by atoms with Crippen LogP contribution < -0.4 is 10.6 Å². The number of amides is 3. The number of carbonyl (C=O) groups excluding carboxylic acids is 3. The van der Waals surface area contributed by atoms with Crippen LogP contribution in [0.25, 0.3) is 0 Å². The molecule has 1 heterocycles. The first-order chi connectivity index (χ1) is 13.5. The van der Waals surface area contributed by atoms with Gasteiger partial charge in [-0.2, -0.15) is 0 Å². The van der Waals surface area contributed by atoms with Crippen molar-refractivity contribution in [3.63, 3.8) is 0 Å². The van der Waals surface area contributed by atoms with E-state index >= 15 is 0 Å². The minimum Gasteiger partial charge on any atom is -0.376 e. The molecule has 1 rings (SSSR count). The summed E-state index contributed by atoms with van der Waals surface area (Å²) in [5.41, 5.74) is -1.07. The number of carbonyl (C=O) groups is 3. The Morgan fingerprint density at radius 3 is 2.34 bits per heavy atom. The summed E-state index contributed by atoms with van der Waals surface area (Å²) in [4.78, 5) is 41.4. The van der Waals surface area contributed by atoms with Crippen molar-refractivity contribution in [2.24, 2.45) is 11.8 Å². The van der Waals surface area contributed by atoms with Crippen LogP contribution in [0.5, 0.6) is 0 Å². The molecule has 0 radical (unpaired) electrons. The summed E-state index contributed by atoms with van der Waals surface area (Å²) in [6, 6.07) is 3.92. The van der Waals surface area contributed by atoms with E-state index in [-0.39, 0.29) is 5.92 Å². The normalized spacial score (nSPS) is 13.5. The van der Waals surface area contributed by atoms with E-state index in [1.54, 1.807) is 32.0 Å². The van der Waals surface area contributed by atoms with Crippen LogP contribution in [0.2, 0.25) is 0 Å². The Morgan fingerprint density at radius 2 is 1.86 bits per heavy atom. The van der Waals surface area contributed by atoms with Crippen molar-refractivity contribution < 1.29 is 29.5 Å². The summed E-state index contributed by atoms with van der Waals surface area (Å²) in [5, 5.41) is 22.5. The molecule has 10 nitrogen and oxygen atoms in total. The van der Waals surface area contributed by atoms with Gasteiger partial charge in [0, 0.05) is 25.6 Å². The van der Waals surface area contributed by atoms with Gasteiger partial charge in [0.2, 0.25) is 5.91 Å². The molecule has 162 valence electrons. The number of rotatable bonds is 10. The maximum atomic E-state index is 12.9. The molecule has 0 aliphatic heterocycles. The van der Waals surface area contributed by atoms with Gasteiger partial charge in [-0.25, -0.2) is 4.98 Å². The van der Waals surface area contributed by atoms with Crippen molar-refractivity contribution >= 4 is 23.5 Å². The highest BCUT2D eigenvalue weighted by Crippen LogP contribution is 2.20. The van der Waals surface area contributed by atoms with Crippen LogP contribution in [-0.2, 0) is 19.1 Å². The monoisotopic (exact) mass is 410 g/mol. The summed E-state index contributed by atoms with van der Waals surface area (Å²) >= 11 is 0. The van der Waals surface area contributed by atoms with Gasteiger partial charge in [-0.1, -0.05) is 25.1 Å². The molecule has 0 saturated carbocycles. The second-order valence-corrected chi connectivity index (χ2v) is 7.67. The third-order valence-corrected chi connectivity index (χ3v) is 4.46. The first kappa shape index (κ1) is 24.5. The lowest BCUT2D eigenvalue weighted by Crippen LogP contribution is -2.58. The van der Waals surface area contributed by atoms with Crippen molar-refractivity contribution in [3.05, 3.63) is 24.4 Å². The van der Waals surface area contributed by atoms with Gasteiger partial charge in [-0.15, -0.1) is 0 Å². The molecule has 1 aromatic rings. The Hall–Kier alpha value is -2.56. The quantitative estimate of drug-likeness (QED) is 0.339. The maximum absolute atomic E-state index is 12.9. The highest BCUT2D eigenvalue weighted by molar-refractivity contribution is 5.98. The van der Waals surface area contributed by atoms with E-state index in [1.165, 1.54) is 13.3 Å². The number of anilines is 1. The van der Waals surface area contributed by atoms with Gasteiger partial charge in [-0.05, 0) is 38.3 Å². The number of hydrogen-bond acceptors (Lipinski definition) is 7. The summed E-state index contributed by atoms with van der Waals surface area (Å²) in [6.07, 6.45) is 1.41. The van der Waals surface area contributed by atoms with E-state index in [9.17, 15) is 14.4 Å². The molecule has 0 aliphatic carbocycles. The minimum atomic E-state index is -1.09. The van der Waals surface area contributed by atoms with E-state index < -0.39 is 46.9 Å². The predicted molar refractivity (Wildman–Crippen MR) is 104 cm³/mol. The van der Waals surface area contributed by atoms with Gasteiger partial charge in [0.05, 0.1) is 5.60 Å². The molecule has 0 fully saturated rings. The highest BCUT2D eigenvalue weighted by atomic mass is 16.8. The lowest BCUT2D eigenvalue weighted by atomic mass is 9.91. The zero-order valence-electron chi connectivity index (χ0n) is 17.4. The molecule has 1 aromatic heterocycles. The van der Waals surface area contributed by atoms with Gasteiger partial charge >= 0.3 is 0 Å². The summed E-state index contributed by atoms with van der Waals surface area (Å²) in [5.74, 6) is -2.62. The van der Waals surface area contributed by atoms with Gasteiger partial charge < -0.3 is 15.4 Å². The lowest BCUT2D eigenvalue weighted by Gasteiger charge is -2.33. The molecule has 29 heavy (non-hydrogen) atoms. The van der Waals surface area contributed by atoms with Crippen molar-refractivity contribution in [3.8, 4) is 0 Å². The molecule has 3 amide bonds. The van der Waals surface area contributed by atoms with E-state index in [0.717, 1.165) is 0 Å². The van der Waals surface area contributed by atoms with Gasteiger partial charge in [0.1, 0.15) is 11.9 Å². The van der Waals surface area contributed by atoms with E-state index in [1.807, 2.05) is 13.8 Å². The van der Waals surface area contributed by atoms with Crippen LogP contribution in [0.1, 0.15) is 40.5 Å². The summed E-state index contributed by atoms with van der Waals surface area (Å²) < 4.78 is 5.39. The average Bonchev–Trinajstić information content (AvgIpc) is 2.65. The SMILES string of the molecule is COC(C)(C)[C@H](NC(=O)[C@@H](CC(=O)N(O)O)CC(C)C)C(=O)Nc1ccccn1. The fourth-order valence-electron chi connectivity index (χ4n) is 2.71. The molecule has 0 aromatic carbocycles. The molecular weight excluding hydrogens is 380 g/mol. The fraction of sp³-hybridized carbons (Fsp3) is 0.579. The summed E-state index contributed by atoms with van der Waals surface area (Å²) in [6.45, 7) is 7.01. The molecule has 0 saturated heterocycles. The van der Waals surface area contributed by atoms with Gasteiger partial charge in [0.15, 0.2) is 0 Å². The molecular formula is C19H30N4O6. The number of nitrogens with one attached hydrogen (secondary N) is 2. The number of aromatic nitrogens is 1. The zero-order valence-corrected chi connectivity index (χ0v) is 17.4. The Balaban J connectivity index is 3.04. The van der Waals surface area contributed by atoms with Crippen LogP contribution >= 0.6 is 0 Å². The first-order valence-electron chi connectivity index (χ1n) is 9.26. The summed E-state index contributed by atoms with van der Waals surface area (Å²) in [7, 11) is 1.41. The van der Waals surface area contributed by atoms with E-state index in [4.69, 9.17) is 15.2 Å². The third kappa shape index (κ3) is 7.76. The van der Waals surface area contributed by atoms with Crippen molar-refractivity contribution in [1.82, 2.24) is 15.5 Å². The Bertz CT molecular complexity index is 693. The van der Waals surface area contributed by atoms with Gasteiger partial charge in [-0.3, -0.25) is 24.8 Å². The smallest absolute Gasteiger partial charge is 0.273 e. The minimum absolute atomic E-state index is 0.0561. The largest absolute Gasteiger partial charge is 0.376 e. The van der Waals surface area contributed by atoms with Crippen molar-refractivity contribution in [1.29, 1.82) is 0 Å². The van der Waals surface area contributed by atoms with E-state index in [0.29, 0.717) is 12.2 Å². The standard InChI is InChI=1S/C19H30N4O6/c1-12(2)10-13(11-15(24)23(27)28)17(25)22-16(19(3,4)29-5)18(26)21-14-8-6-7-9-20-14/h6-9,12-13,16,27-28H,10-11H2,1-5H3,(H,22,25)(H,20,21,26)/t13-,16-/m1/s1. The van der Waals surface area contributed by atoms with Crippen LogP contribution in [0.4, 0.5) is 5.82 Å². The molecule has 0 unspecified atom stereocenters. The lowest BCUT2D eigenvalue weighted by molar-refractivity contribution is -0.285. The fourth-order valence-corrected chi connectivity index (χ4v) is 2.71. The first-order valence-corrected chi connectivity index (χ1v) is 9.26. The second-order valence-electron chi connectivity index (χ2n) is 7.67. The Morgan fingerprint density at radius 1 is 1.21 bits per heavy atom. The number of hydrogen-bond donors (Lipinski definition) is 4. The van der Waals surface area contributed by atoms with Crippen LogP contribution in [0, 0.1) is 11.8 Å². The molecule has 0 bridgehead atoms. The zero-order chi connectivity index (χ0) is 22.2. The molecule has 4 N–H and O–H groups in total. The van der Waals surface area contributed by atoms with Crippen LogP contribution in [0.3, 0.4) is 0 Å². The molecule has 10 heteroatoms. The number of nitrogens with zero attached hydrogens (tertiary/aromatic N) is 2. The molecule has 0 spiro atoms. The highest BCUT2D eigenvalue weighted by Gasteiger charge is 2.38. The van der Waals surface area contributed by atoms with Crippen molar-refractivity contribution in [2.45, 2.75) is 52.2 Å². The number of pyridine rings is 1. The number of hydroxylamine groups is 2. The number of methoxy groups -OCH3 is 1. The van der Waals surface area contributed by atoms with Crippen LogP contribution in [0.15, 0.2) is 24.4 Å². The second kappa shape index (κ2) is 10.8. The maximum Gasteiger partial charge on any atom is 0.273 e. The topological polar surface area (TPSA) is 141 Å². The Labute approximate surface area is 170 Å². The predicted octanol–water partition coefficient (Wildman–Crippen LogP) is 1.59. The molecule has 0 aliphatic rings. The number of ether oxygens (including phenoxy) is 1. The average molecular weight is 410 g/mol. The third-order valence-electron chi connectivity index (χ3n) is 4.46. The van der Waals surface area contributed by atoms with Crippen LogP contribution in [-0.4, -0.2) is 57.1 Å². The van der Waals surface area contributed by atoms with E-state index in [2.05, 4.69) is 15.6 Å². The molecule has 2 atom stereocenters. The Kier molecular flexibility index (Phi) is 9.15. The van der Waals surface area contributed by atoms with Crippen molar-refractivity contribution in [2.75, 3.05) is 12.4 Å².